The Kier molecular flexibility index (Phi) is 7.29. The second-order valence-corrected chi connectivity index (χ2v) is 11.8. The van der Waals surface area contributed by atoms with E-state index >= 15 is 0 Å². The summed E-state index contributed by atoms with van der Waals surface area (Å²) >= 11 is 0. The first-order valence-corrected chi connectivity index (χ1v) is 14.4. The summed E-state index contributed by atoms with van der Waals surface area (Å²) < 4.78 is 42.8. The minimum Gasteiger partial charge on any atom is -0.338 e. The average molecular weight is 574 g/mol. The number of urea groups is 1. The molecule has 0 saturated heterocycles. The van der Waals surface area contributed by atoms with Crippen molar-refractivity contribution in [1.29, 1.82) is 0 Å². The standard InChI is InChI=1S/C33H34F3N5O/c1-41-28(26-13-7-8-14-27(26)33(34,35)36)39-40-29(41)32-18-15-31(16-19-32,17-20-32)22-38-30(42)37-21-24-11-5-6-12-25(24)23-9-3-2-4-10-23/h2-14H,15-22H2,1H3,(H2,37,38,42). The molecule has 0 aliphatic heterocycles. The molecule has 0 spiro atoms. The van der Waals surface area contributed by atoms with Crippen molar-refractivity contribution in [3.05, 3.63) is 95.8 Å². The minimum atomic E-state index is -4.47. The molecule has 0 unspecified atom stereocenters. The number of hydrogen-bond donors (Lipinski definition) is 2. The van der Waals surface area contributed by atoms with Gasteiger partial charge in [0.25, 0.3) is 0 Å². The number of rotatable bonds is 7. The predicted molar refractivity (Wildman–Crippen MR) is 155 cm³/mol. The maximum absolute atomic E-state index is 13.7. The second-order valence-electron chi connectivity index (χ2n) is 11.8. The van der Waals surface area contributed by atoms with Gasteiger partial charge in [0.1, 0.15) is 5.82 Å². The molecule has 2 N–H and O–H groups in total. The summed E-state index contributed by atoms with van der Waals surface area (Å²) in [6.07, 6.45) is 0.901. The number of nitrogens with zero attached hydrogens (tertiary/aromatic N) is 3. The van der Waals surface area contributed by atoms with E-state index in [1.54, 1.807) is 17.7 Å². The fraction of sp³-hybridized carbons (Fsp3) is 0.364. The van der Waals surface area contributed by atoms with Crippen molar-refractivity contribution in [2.24, 2.45) is 12.5 Å². The molecule has 218 valence electrons. The summed E-state index contributed by atoms with van der Waals surface area (Å²) in [5.41, 5.74) is 2.42. The van der Waals surface area contributed by atoms with Crippen LogP contribution in [0.4, 0.5) is 18.0 Å². The van der Waals surface area contributed by atoms with Gasteiger partial charge in [-0.25, -0.2) is 4.79 Å². The molecule has 3 saturated carbocycles. The average Bonchev–Trinajstić information content (AvgIpc) is 3.42. The van der Waals surface area contributed by atoms with Gasteiger partial charge in [-0.2, -0.15) is 13.2 Å². The lowest BCUT2D eigenvalue weighted by Gasteiger charge is -2.52. The predicted octanol–water partition coefficient (Wildman–Crippen LogP) is 7.26. The van der Waals surface area contributed by atoms with Gasteiger partial charge in [-0.3, -0.25) is 0 Å². The van der Waals surface area contributed by atoms with Crippen LogP contribution in [0.2, 0.25) is 0 Å². The van der Waals surface area contributed by atoms with Crippen LogP contribution in [-0.2, 0) is 25.2 Å². The van der Waals surface area contributed by atoms with Crippen LogP contribution in [0.3, 0.4) is 0 Å². The van der Waals surface area contributed by atoms with Crippen LogP contribution in [-0.4, -0.2) is 27.3 Å². The van der Waals surface area contributed by atoms with Crippen molar-refractivity contribution >= 4 is 6.03 Å². The number of hydrogen-bond acceptors (Lipinski definition) is 3. The van der Waals surface area contributed by atoms with E-state index in [0.717, 1.165) is 67.1 Å². The van der Waals surface area contributed by atoms with E-state index in [2.05, 4.69) is 39.0 Å². The molecule has 0 radical (unpaired) electrons. The highest BCUT2D eigenvalue weighted by molar-refractivity contribution is 5.75. The maximum Gasteiger partial charge on any atom is 0.417 e. The molecular weight excluding hydrogens is 539 g/mol. The minimum absolute atomic E-state index is 0.0192. The monoisotopic (exact) mass is 573 g/mol. The zero-order valence-corrected chi connectivity index (χ0v) is 23.5. The van der Waals surface area contributed by atoms with Crippen LogP contribution in [0, 0.1) is 5.41 Å². The van der Waals surface area contributed by atoms with Crippen LogP contribution in [0.1, 0.15) is 55.5 Å². The normalized spacial score (nSPS) is 21.7. The third-order valence-corrected chi connectivity index (χ3v) is 9.39. The van der Waals surface area contributed by atoms with Gasteiger partial charge in [0.15, 0.2) is 5.82 Å². The molecule has 9 heteroatoms. The summed E-state index contributed by atoms with van der Waals surface area (Å²) in [6.45, 7) is 1.03. The Hall–Kier alpha value is -4.14. The highest BCUT2D eigenvalue weighted by Crippen LogP contribution is 2.57. The molecule has 3 aliphatic carbocycles. The fourth-order valence-electron chi connectivity index (χ4n) is 6.89. The van der Waals surface area contributed by atoms with Gasteiger partial charge in [-0.1, -0.05) is 72.8 Å². The van der Waals surface area contributed by atoms with Gasteiger partial charge in [-0.15, -0.1) is 10.2 Å². The molecule has 2 bridgehead atoms. The lowest BCUT2D eigenvalue weighted by molar-refractivity contribution is -0.137. The van der Waals surface area contributed by atoms with Gasteiger partial charge >= 0.3 is 12.2 Å². The highest BCUT2D eigenvalue weighted by Gasteiger charge is 2.51. The van der Waals surface area contributed by atoms with E-state index in [-0.39, 0.29) is 28.2 Å². The summed E-state index contributed by atoms with van der Waals surface area (Å²) in [7, 11) is 1.77. The maximum atomic E-state index is 13.7. The first-order chi connectivity index (χ1) is 20.2. The molecular formula is C33H34F3N5O. The van der Waals surface area contributed by atoms with Gasteiger partial charge in [-0.05, 0) is 66.7 Å². The molecule has 3 aliphatic rings. The number of alkyl halides is 3. The summed E-state index contributed by atoms with van der Waals surface area (Å²) in [4.78, 5) is 12.8. The quantitative estimate of drug-likeness (QED) is 0.245. The Balaban J connectivity index is 1.08. The summed E-state index contributed by atoms with van der Waals surface area (Å²) in [6, 6.07) is 23.5. The molecule has 1 heterocycles. The van der Waals surface area contributed by atoms with Gasteiger partial charge in [0.05, 0.1) is 5.56 Å². The number of fused-ring (bicyclic) bond motifs is 3. The Morgan fingerprint density at radius 3 is 2.12 bits per heavy atom. The van der Waals surface area contributed by atoms with Gasteiger partial charge < -0.3 is 15.2 Å². The summed E-state index contributed by atoms with van der Waals surface area (Å²) in [5.74, 6) is 0.993. The molecule has 3 fully saturated rings. The lowest BCUT2D eigenvalue weighted by Crippen LogP contribution is -2.51. The Labute approximate surface area is 243 Å². The second kappa shape index (κ2) is 10.9. The zero-order valence-electron chi connectivity index (χ0n) is 23.5. The number of carbonyl (C=O) groups excluding carboxylic acids is 1. The first-order valence-electron chi connectivity index (χ1n) is 14.4. The number of nitrogens with one attached hydrogen (secondary N) is 2. The van der Waals surface area contributed by atoms with Crippen LogP contribution in [0.5, 0.6) is 0 Å². The first kappa shape index (κ1) is 28.0. The van der Waals surface area contributed by atoms with E-state index in [1.165, 1.54) is 12.1 Å². The van der Waals surface area contributed by atoms with E-state index in [0.29, 0.717) is 13.1 Å². The Bertz CT molecular complexity index is 1560. The molecule has 1 aromatic heterocycles. The third kappa shape index (κ3) is 5.28. The van der Waals surface area contributed by atoms with Crippen LogP contribution in [0.15, 0.2) is 78.9 Å². The van der Waals surface area contributed by atoms with E-state index in [4.69, 9.17) is 0 Å². The summed E-state index contributed by atoms with van der Waals surface area (Å²) in [5, 5.41) is 14.8. The van der Waals surface area contributed by atoms with Crippen molar-refractivity contribution < 1.29 is 18.0 Å². The van der Waals surface area contributed by atoms with Crippen LogP contribution < -0.4 is 10.6 Å². The number of carbonyl (C=O) groups is 1. The molecule has 3 aromatic carbocycles. The van der Waals surface area contributed by atoms with Crippen molar-refractivity contribution in [1.82, 2.24) is 25.4 Å². The molecule has 42 heavy (non-hydrogen) atoms. The zero-order chi connectivity index (χ0) is 29.4. The third-order valence-electron chi connectivity index (χ3n) is 9.39. The Morgan fingerprint density at radius 2 is 1.43 bits per heavy atom. The highest BCUT2D eigenvalue weighted by atomic mass is 19.4. The number of halogens is 3. The largest absolute Gasteiger partial charge is 0.417 e. The molecule has 4 aromatic rings. The van der Waals surface area contributed by atoms with E-state index in [9.17, 15) is 18.0 Å². The smallest absolute Gasteiger partial charge is 0.338 e. The van der Waals surface area contributed by atoms with E-state index in [1.807, 2.05) is 36.4 Å². The van der Waals surface area contributed by atoms with Crippen molar-refractivity contribution in [3.8, 4) is 22.5 Å². The van der Waals surface area contributed by atoms with Gasteiger partial charge in [0, 0.05) is 31.1 Å². The van der Waals surface area contributed by atoms with Crippen molar-refractivity contribution in [2.75, 3.05) is 6.54 Å². The van der Waals surface area contributed by atoms with Gasteiger partial charge in [0.2, 0.25) is 0 Å². The van der Waals surface area contributed by atoms with Crippen molar-refractivity contribution in [3.63, 3.8) is 0 Å². The molecule has 6 nitrogen and oxygen atoms in total. The topological polar surface area (TPSA) is 71.8 Å². The van der Waals surface area contributed by atoms with Crippen LogP contribution in [0.25, 0.3) is 22.5 Å². The molecule has 7 rings (SSSR count). The lowest BCUT2D eigenvalue weighted by atomic mass is 9.53. The Morgan fingerprint density at radius 1 is 0.810 bits per heavy atom. The number of benzene rings is 3. The SMILES string of the molecule is Cn1c(-c2ccccc2C(F)(F)F)nnc1C12CCC(CNC(=O)NCc3ccccc3-c3ccccc3)(CC1)CC2. The molecule has 0 atom stereocenters. The van der Waals surface area contributed by atoms with Crippen molar-refractivity contribution in [2.45, 2.75) is 56.7 Å². The number of aromatic nitrogens is 3. The molecule has 2 amide bonds. The fourth-order valence-corrected chi connectivity index (χ4v) is 6.89. The number of amides is 2. The van der Waals surface area contributed by atoms with E-state index < -0.39 is 11.7 Å². The van der Waals surface area contributed by atoms with Crippen LogP contribution >= 0.6 is 0 Å².